The second-order valence-electron chi connectivity index (χ2n) is 11.2. The topological polar surface area (TPSA) is 87.8 Å². The van der Waals surface area contributed by atoms with Gasteiger partial charge in [-0.3, -0.25) is 4.79 Å². The minimum absolute atomic E-state index is 0.0378. The van der Waals surface area contributed by atoms with Crippen molar-refractivity contribution >= 4 is 26.8 Å². The summed E-state index contributed by atoms with van der Waals surface area (Å²) in [5.41, 5.74) is 2.59. The molecule has 0 unspecified atom stereocenters. The van der Waals surface area contributed by atoms with E-state index in [2.05, 4.69) is 0 Å². The van der Waals surface area contributed by atoms with Gasteiger partial charge in [0.15, 0.2) is 0 Å². The van der Waals surface area contributed by atoms with E-state index in [1.807, 2.05) is 25.1 Å². The molecular weight excluding hydrogens is 591 g/mol. The van der Waals surface area contributed by atoms with E-state index >= 15 is 0 Å². The second kappa shape index (κ2) is 11.6. The van der Waals surface area contributed by atoms with Crippen LogP contribution < -0.4 is 0 Å². The zero-order chi connectivity index (χ0) is 31.9. The maximum Gasteiger partial charge on any atom is 0.449 e. The summed E-state index contributed by atoms with van der Waals surface area (Å²) in [5, 5.41) is 10.9. The van der Waals surface area contributed by atoms with Crippen molar-refractivity contribution in [3.8, 4) is 11.1 Å². The number of sulfonamides is 1. The van der Waals surface area contributed by atoms with Gasteiger partial charge in [0.25, 0.3) is 0 Å². The van der Waals surface area contributed by atoms with Gasteiger partial charge >= 0.3 is 12.1 Å². The number of fused-ring (bicyclic) bond motifs is 1. The zero-order valence-corrected chi connectivity index (χ0v) is 25.0. The summed E-state index contributed by atoms with van der Waals surface area (Å²) < 4.78 is 74.2. The molecule has 0 spiro atoms. The number of rotatable bonds is 9. The Hall–Kier alpha value is -4.41. The first kappa shape index (κ1) is 31.0. The molecule has 10 heteroatoms. The fourth-order valence-corrected chi connectivity index (χ4v) is 6.61. The van der Waals surface area contributed by atoms with Crippen LogP contribution >= 0.6 is 0 Å². The number of halogens is 3. The molecule has 0 fully saturated rings. The number of hydrogen-bond acceptors (Lipinski definition) is 4. The molecule has 0 bridgehead atoms. The van der Waals surface area contributed by atoms with Crippen molar-refractivity contribution in [2.45, 2.75) is 50.3 Å². The van der Waals surface area contributed by atoms with E-state index in [-0.39, 0.29) is 17.2 Å². The third-order valence-electron chi connectivity index (χ3n) is 7.76. The van der Waals surface area contributed by atoms with Crippen molar-refractivity contribution in [3.63, 3.8) is 0 Å². The maximum absolute atomic E-state index is 14.2. The van der Waals surface area contributed by atoms with Crippen molar-refractivity contribution in [2.24, 2.45) is 0 Å². The molecule has 5 rings (SSSR count). The Kier molecular flexibility index (Phi) is 8.17. The van der Waals surface area contributed by atoms with Gasteiger partial charge in [-0.25, -0.2) is 8.42 Å². The van der Waals surface area contributed by atoms with Gasteiger partial charge in [-0.05, 0) is 72.2 Å². The van der Waals surface area contributed by atoms with Gasteiger partial charge in [-0.2, -0.15) is 17.5 Å². The third-order valence-corrected chi connectivity index (χ3v) is 9.61. The van der Waals surface area contributed by atoms with Gasteiger partial charge in [0.1, 0.15) is 5.76 Å². The van der Waals surface area contributed by atoms with Crippen LogP contribution in [0.2, 0.25) is 0 Å². The number of benzene rings is 4. The number of carbonyl (C=O) groups is 1. The van der Waals surface area contributed by atoms with E-state index in [1.165, 1.54) is 6.07 Å². The molecule has 44 heavy (non-hydrogen) atoms. The van der Waals surface area contributed by atoms with Crippen molar-refractivity contribution in [1.82, 2.24) is 4.31 Å². The van der Waals surface area contributed by atoms with Crippen LogP contribution in [-0.2, 0) is 39.5 Å². The minimum Gasteiger partial charge on any atom is -0.481 e. The molecule has 0 aliphatic rings. The first-order chi connectivity index (χ1) is 20.7. The lowest BCUT2D eigenvalue weighted by Crippen LogP contribution is -2.30. The number of carboxylic acid groups (broad SMARTS) is 1. The van der Waals surface area contributed by atoms with Gasteiger partial charge in [0.2, 0.25) is 15.8 Å². The maximum atomic E-state index is 14.2. The van der Waals surface area contributed by atoms with E-state index in [0.29, 0.717) is 16.5 Å². The van der Waals surface area contributed by atoms with Crippen LogP contribution in [0.5, 0.6) is 0 Å². The lowest BCUT2D eigenvalue weighted by Gasteiger charge is -2.23. The number of furan rings is 1. The number of nitrogens with zero attached hydrogens (tertiary/aromatic N) is 1. The minimum atomic E-state index is -4.71. The summed E-state index contributed by atoms with van der Waals surface area (Å²) in [6, 6.07) is 26.5. The molecule has 0 aliphatic heterocycles. The average molecular weight is 622 g/mol. The van der Waals surface area contributed by atoms with Gasteiger partial charge in [-0.1, -0.05) is 78.9 Å². The summed E-state index contributed by atoms with van der Waals surface area (Å²) in [6.07, 6.45) is -4.71. The average Bonchev–Trinajstić information content (AvgIpc) is 3.47. The zero-order valence-electron chi connectivity index (χ0n) is 24.2. The van der Waals surface area contributed by atoms with Crippen molar-refractivity contribution in [1.29, 1.82) is 0 Å². The SMILES string of the molecule is Cc1ccc(S(=O)(=O)N(Cc2ccc(-c3cccc(C(C)(C)C(=O)O)c3)cc2)Cc2ccc(C(F)(F)F)o2)c2ccccc12. The Morgan fingerprint density at radius 3 is 2.14 bits per heavy atom. The summed E-state index contributed by atoms with van der Waals surface area (Å²) in [7, 11) is -4.22. The van der Waals surface area contributed by atoms with E-state index in [4.69, 9.17) is 4.42 Å². The monoisotopic (exact) mass is 621 g/mol. The molecule has 228 valence electrons. The normalized spacial score (nSPS) is 12.6. The molecule has 0 saturated heterocycles. The highest BCUT2D eigenvalue weighted by Gasteiger charge is 2.36. The number of aryl methyl sites for hydroxylation is 1. The fraction of sp³-hybridized carbons (Fsp3) is 0.206. The van der Waals surface area contributed by atoms with E-state index in [0.717, 1.165) is 38.5 Å². The standard InChI is InChI=1S/C34H30F3NO5S/c1-22-11-17-30(29-10-5-4-9-28(22)29)44(41,42)38(21-27-16-18-31(43-27)34(35,36)37)20-23-12-14-24(15-13-23)25-7-6-8-26(19-25)33(2,3)32(39)40/h4-19H,20-21H2,1-3H3,(H,39,40). The summed E-state index contributed by atoms with van der Waals surface area (Å²) >= 11 is 0. The molecule has 1 aromatic heterocycles. The molecule has 0 saturated carbocycles. The van der Waals surface area contributed by atoms with Gasteiger partial charge in [0, 0.05) is 11.9 Å². The molecule has 6 nitrogen and oxygen atoms in total. The highest BCUT2D eigenvalue weighted by molar-refractivity contribution is 7.89. The fourth-order valence-electron chi connectivity index (χ4n) is 5.02. The van der Waals surface area contributed by atoms with Crippen molar-refractivity contribution < 1.29 is 35.9 Å². The summed E-state index contributed by atoms with van der Waals surface area (Å²) in [5.74, 6) is -2.30. The third kappa shape index (κ3) is 6.13. The first-order valence-corrected chi connectivity index (χ1v) is 15.2. The highest BCUT2D eigenvalue weighted by atomic mass is 32.2. The van der Waals surface area contributed by atoms with E-state index in [9.17, 15) is 31.5 Å². The number of carboxylic acids is 1. The quantitative estimate of drug-likeness (QED) is 0.179. The highest BCUT2D eigenvalue weighted by Crippen LogP contribution is 2.34. The lowest BCUT2D eigenvalue weighted by molar-refractivity contribution is -0.153. The van der Waals surface area contributed by atoms with Gasteiger partial charge in [0.05, 0.1) is 16.9 Å². The second-order valence-corrected chi connectivity index (χ2v) is 13.1. The first-order valence-electron chi connectivity index (χ1n) is 13.8. The molecule has 0 radical (unpaired) electrons. The molecule has 0 aliphatic carbocycles. The van der Waals surface area contributed by atoms with Crippen LogP contribution in [0, 0.1) is 6.92 Å². The molecule has 0 atom stereocenters. The van der Waals surface area contributed by atoms with Crippen molar-refractivity contribution in [2.75, 3.05) is 0 Å². The van der Waals surface area contributed by atoms with Crippen molar-refractivity contribution in [3.05, 3.63) is 125 Å². The van der Waals surface area contributed by atoms with E-state index < -0.39 is 39.9 Å². The van der Waals surface area contributed by atoms with Crippen LogP contribution in [0.4, 0.5) is 13.2 Å². The van der Waals surface area contributed by atoms with Gasteiger partial charge in [-0.15, -0.1) is 0 Å². The predicted octanol–water partition coefficient (Wildman–Crippen LogP) is 8.18. The number of hydrogen-bond donors (Lipinski definition) is 1. The Morgan fingerprint density at radius 2 is 1.50 bits per heavy atom. The summed E-state index contributed by atoms with van der Waals surface area (Å²) in [4.78, 5) is 11.8. The Bertz CT molecular complexity index is 1940. The van der Waals surface area contributed by atoms with Crippen LogP contribution in [0.25, 0.3) is 21.9 Å². The molecule has 0 amide bonds. The smallest absolute Gasteiger partial charge is 0.449 e. The number of aliphatic carboxylic acids is 1. The molecule has 1 N–H and O–H groups in total. The molecule has 4 aromatic carbocycles. The Morgan fingerprint density at radius 1 is 0.818 bits per heavy atom. The predicted molar refractivity (Wildman–Crippen MR) is 161 cm³/mol. The van der Waals surface area contributed by atoms with Crippen LogP contribution in [-0.4, -0.2) is 23.8 Å². The lowest BCUT2D eigenvalue weighted by atomic mass is 9.83. The number of alkyl halides is 3. The Labute approximate surface area is 253 Å². The largest absolute Gasteiger partial charge is 0.481 e. The van der Waals surface area contributed by atoms with Gasteiger partial charge < -0.3 is 9.52 Å². The van der Waals surface area contributed by atoms with Crippen LogP contribution in [0.1, 0.15) is 42.1 Å². The van der Waals surface area contributed by atoms with Crippen LogP contribution in [0.15, 0.2) is 106 Å². The molecule has 5 aromatic rings. The van der Waals surface area contributed by atoms with Crippen LogP contribution in [0.3, 0.4) is 0 Å². The Balaban J connectivity index is 1.51. The van der Waals surface area contributed by atoms with E-state index in [1.54, 1.807) is 74.5 Å². The molecular formula is C34H30F3NO5S. The molecule has 1 heterocycles. The summed E-state index contributed by atoms with van der Waals surface area (Å²) in [6.45, 7) is 4.56.